The molecule has 0 aliphatic heterocycles. The smallest absolute Gasteiger partial charge is 0.319 e. The van der Waals surface area contributed by atoms with Crippen LogP contribution in [0.4, 0.5) is 10.5 Å². The van der Waals surface area contributed by atoms with E-state index in [0.717, 1.165) is 16.4 Å². The molecule has 0 atom stereocenters. The third-order valence-corrected chi connectivity index (χ3v) is 2.76. The minimum atomic E-state index is -0.228. The highest BCUT2D eigenvalue weighted by atomic mass is 79.9. The minimum Gasteiger partial charge on any atom is -0.338 e. The van der Waals surface area contributed by atoms with Crippen molar-refractivity contribution < 1.29 is 4.79 Å². The number of urea groups is 1. The summed E-state index contributed by atoms with van der Waals surface area (Å²) < 4.78 is 0.857. The number of pyridine rings is 2. The van der Waals surface area contributed by atoms with E-state index in [-0.39, 0.29) is 6.03 Å². The Bertz CT molecular complexity index is 573. The summed E-state index contributed by atoms with van der Waals surface area (Å²) in [4.78, 5) is 20.1. The first-order chi connectivity index (χ1) is 8.70. The van der Waals surface area contributed by atoms with Crippen molar-refractivity contribution in [2.45, 2.75) is 13.3 Å². The lowest BCUT2D eigenvalue weighted by Gasteiger charge is -2.08. The second-order valence-electron chi connectivity index (χ2n) is 3.76. The van der Waals surface area contributed by atoms with Gasteiger partial charge < -0.3 is 10.6 Å². The summed E-state index contributed by atoms with van der Waals surface area (Å²) in [5.74, 6) is 0. The molecule has 2 heterocycles. The molecule has 0 aromatic carbocycles. The number of nitrogens with zero attached hydrogens (tertiary/aromatic N) is 2. The SMILES string of the molecule is CCCNC(=O)Nc1ccnc2cc(Br)cnc12. The summed E-state index contributed by atoms with van der Waals surface area (Å²) in [6.45, 7) is 2.65. The lowest BCUT2D eigenvalue weighted by Crippen LogP contribution is -2.29. The lowest BCUT2D eigenvalue weighted by atomic mass is 10.3. The summed E-state index contributed by atoms with van der Waals surface area (Å²) >= 11 is 3.34. The highest BCUT2D eigenvalue weighted by Crippen LogP contribution is 2.21. The highest BCUT2D eigenvalue weighted by Gasteiger charge is 2.07. The van der Waals surface area contributed by atoms with Gasteiger partial charge in [-0.1, -0.05) is 6.92 Å². The Morgan fingerprint density at radius 2 is 2.28 bits per heavy atom. The van der Waals surface area contributed by atoms with Gasteiger partial charge in [-0.2, -0.15) is 0 Å². The Balaban J connectivity index is 2.25. The first-order valence-corrected chi connectivity index (χ1v) is 6.45. The van der Waals surface area contributed by atoms with Crippen molar-refractivity contribution in [3.8, 4) is 0 Å². The zero-order valence-electron chi connectivity index (χ0n) is 9.90. The molecule has 0 spiro atoms. The van der Waals surface area contributed by atoms with Crippen LogP contribution >= 0.6 is 15.9 Å². The van der Waals surface area contributed by atoms with Gasteiger partial charge in [0.1, 0.15) is 5.52 Å². The topological polar surface area (TPSA) is 66.9 Å². The summed E-state index contributed by atoms with van der Waals surface area (Å²) in [6, 6.07) is 3.36. The van der Waals surface area contributed by atoms with E-state index >= 15 is 0 Å². The van der Waals surface area contributed by atoms with Gasteiger partial charge in [0, 0.05) is 23.4 Å². The van der Waals surface area contributed by atoms with Gasteiger partial charge in [-0.25, -0.2) is 4.79 Å². The zero-order valence-corrected chi connectivity index (χ0v) is 11.5. The first kappa shape index (κ1) is 12.8. The van der Waals surface area contributed by atoms with Gasteiger partial charge in [0.25, 0.3) is 0 Å². The van der Waals surface area contributed by atoms with Gasteiger partial charge in [-0.15, -0.1) is 0 Å². The molecule has 0 aliphatic carbocycles. The van der Waals surface area contributed by atoms with Crippen LogP contribution in [0.5, 0.6) is 0 Å². The maximum absolute atomic E-state index is 11.6. The molecular formula is C12H13BrN4O. The van der Waals surface area contributed by atoms with Crippen LogP contribution in [-0.4, -0.2) is 22.5 Å². The van der Waals surface area contributed by atoms with Crippen molar-refractivity contribution in [1.82, 2.24) is 15.3 Å². The molecule has 0 radical (unpaired) electrons. The number of halogens is 1. The quantitative estimate of drug-likeness (QED) is 0.916. The molecular weight excluding hydrogens is 296 g/mol. The molecule has 2 aromatic rings. The molecule has 0 bridgehead atoms. The number of hydrogen-bond donors (Lipinski definition) is 2. The molecule has 2 aromatic heterocycles. The molecule has 94 valence electrons. The van der Waals surface area contributed by atoms with Crippen LogP contribution in [0.3, 0.4) is 0 Å². The second kappa shape index (κ2) is 5.77. The van der Waals surface area contributed by atoms with Crippen LogP contribution in [0.2, 0.25) is 0 Å². The third-order valence-electron chi connectivity index (χ3n) is 2.33. The van der Waals surface area contributed by atoms with E-state index < -0.39 is 0 Å². The molecule has 2 N–H and O–H groups in total. The van der Waals surface area contributed by atoms with E-state index in [9.17, 15) is 4.79 Å². The van der Waals surface area contributed by atoms with Crippen molar-refractivity contribution in [3.05, 3.63) is 29.0 Å². The molecule has 0 fully saturated rings. The fourth-order valence-electron chi connectivity index (χ4n) is 1.51. The van der Waals surface area contributed by atoms with Crippen LogP contribution in [0.1, 0.15) is 13.3 Å². The standard InChI is InChI=1S/C12H13BrN4O/c1-2-4-15-12(18)17-9-3-5-14-10-6-8(13)7-16-11(9)10/h3,5-7H,2,4H2,1H3,(H2,14,15,17,18). The predicted molar refractivity (Wildman–Crippen MR) is 74.6 cm³/mol. The van der Waals surface area contributed by atoms with Gasteiger partial charge in [0.05, 0.1) is 11.2 Å². The van der Waals surface area contributed by atoms with Crippen molar-refractivity contribution in [2.24, 2.45) is 0 Å². The predicted octanol–water partition coefficient (Wildman–Crippen LogP) is 2.92. The molecule has 0 saturated carbocycles. The highest BCUT2D eigenvalue weighted by molar-refractivity contribution is 9.10. The van der Waals surface area contributed by atoms with Crippen molar-refractivity contribution in [1.29, 1.82) is 0 Å². The molecule has 0 aliphatic rings. The van der Waals surface area contributed by atoms with Crippen molar-refractivity contribution in [2.75, 3.05) is 11.9 Å². The molecule has 0 saturated heterocycles. The fraction of sp³-hybridized carbons (Fsp3) is 0.250. The number of amides is 2. The second-order valence-corrected chi connectivity index (χ2v) is 4.68. The van der Waals surface area contributed by atoms with Gasteiger partial charge >= 0.3 is 6.03 Å². The lowest BCUT2D eigenvalue weighted by molar-refractivity contribution is 0.252. The molecule has 18 heavy (non-hydrogen) atoms. The normalized spacial score (nSPS) is 10.3. The number of carbonyl (C=O) groups is 1. The first-order valence-electron chi connectivity index (χ1n) is 5.66. The van der Waals surface area contributed by atoms with Gasteiger partial charge in [0.2, 0.25) is 0 Å². The van der Waals surface area contributed by atoms with E-state index in [1.165, 1.54) is 0 Å². The number of carbonyl (C=O) groups excluding carboxylic acids is 1. The van der Waals surface area contributed by atoms with Crippen LogP contribution in [0.15, 0.2) is 29.0 Å². The maximum Gasteiger partial charge on any atom is 0.319 e. The van der Waals surface area contributed by atoms with Crippen LogP contribution in [0, 0.1) is 0 Å². The van der Waals surface area contributed by atoms with Crippen LogP contribution in [0.25, 0.3) is 11.0 Å². The maximum atomic E-state index is 11.6. The monoisotopic (exact) mass is 308 g/mol. The Kier molecular flexibility index (Phi) is 4.09. The third kappa shape index (κ3) is 2.95. The van der Waals surface area contributed by atoms with Crippen molar-refractivity contribution in [3.63, 3.8) is 0 Å². The largest absolute Gasteiger partial charge is 0.338 e. The number of rotatable bonds is 3. The van der Waals surface area contributed by atoms with E-state index in [0.29, 0.717) is 17.7 Å². The Morgan fingerprint density at radius 1 is 1.44 bits per heavy atom. The van der Waals surface area contributed by atoms with Crippen LogP contribution < -0.4 is 10.6 Å². The number of aromatic nitrogens is 2. The van der Waals surface area contributed by atoms with E-state index in [2.05, 4.69) is 36.5 Å². The summed E-state index contributed by atoms with van der Waals surface area (Å²) in [5.41, 5.74) is 2.06. The van der Waals surface area contributed by atoms with Crippen molar-refractivity contribution >= 4 is 38.7 Å². The van der Waals surface area contributed by atoms with Crippen LogP contribution in [-0.2, 0) is 0 Å². The molecule has 2 amide bonds. The van der Waals surface area contributed by atoms with Gasteiger partial charge in [0.15, 0.2) is 0 Å². The van der Waals surface area contributed by atoms with E-state index in [4.69, 9.17) is 0 Å². The molecule has 5 nitrogen and oxygen atoms in total. The number of fused-ring (bicyclic) bond motifs is 1. The average Bonchev–Trinajstić information content (AvgIpc) is 2.36. The van der Waals surface area contributed by atoms with E-state index in [1.807, 2.05) is 13.0 Å². The summed E-state index contributed by atoms with van der Waals surface area (Å²) in [5, 5.41) is 5.52. The zero-order chi connectivity index (χ0) is 13.0. The summed E-state index contributed by atoms with van der Waals surface area (Å²) in [7, 11) is 0. The summed E-state index contributed by atoms with van der Waals surface area (Å²) in [6.07, 6.45) is 4.22. The van der Waals surface area contributed by atoms with Gasteiger partial charge in [-0.3, -0.25) is 9.97 Å². The Morgan fingerprint density at radius 3 is 3.06 bits per heavy atom. The average molecular weight is 309 g/mol. The number of nitrogens with one attached hydrogen (secondary N) is 2. The fourth-order valence-corrected chi connectivity index (χ4v) is 1.83. The molecule has 2 rings (SSSR count). The van der Waals surface area contributed by atoms with Gasteiger partial charge in [-0.05, 0) is 34.5 Å². The number of anilines is 1. The number of hydrogen-bond acceptors (Lipinski definition) is 3. The Labute approximate surface area is 113 Å². The van der Waals surface area contributed by atoms with E-state index in [1.54, 1.807) is 18.5 Å². The Hall–Kier alpha value is -1.69. The molecule has 0 unspecified atom stereocenters. The molecule has 6 heteroatoms. The minimum absolute atomic E-state index is 0.228.